The number of aliphatic carboxylic acids is 1. The second-order valence-electron chi connectivity index (χ2n) is 5.00. The number of benzene rings is 1. The highest BCUT2D eigenvalue weighted by Gasteiger charge is 2.05. The van der Waals surface area contributed by atoms with Crippen molar-refractivity contribution in [1.82, 2.24) is 5.32 Å². The third-order valence-electron chi connectivity index (χ3n) is 3.08. The van der Waals surface area contributed by atoms with E-state index in [4.69, 9.17) is 5.11 Å². The Bertz CT molecular complexity index is 497. The molecule has 5 heteroatoms. The molecular formula is C16H20FNO3. The molecule has 4 nitrogen and oxygen atoms in total. The largest absolute Gasteiger partial charge is 0.481 e. The molecule has 0 aromatic heterocycles. The summed E-state index contributed by atoms with van der Waals surface area (Å²) < 4.78 is 12.7. The summed E-state index contributed by atoms with van der Waals surface area (Å²) in [5.74, 6) is -1.08. The first kappa shape index (κ1) is 16.9. The first-order chi connectivity index (χ1) is 9.97. The standard InChI is InChI=1S/C16H20FNO3/c1-12(2-9-16(20)21)10-11-18-15(19)8-5-13-3-6-14(17)7-4-13/h3-8,12H,2,9-11H2,1H3,(H,18,19)(H,20,21). The molecule has 0 bridgehead atoms. The van der Waals surface area contributed by atoms with Gasteiger partial charge in [0.2, 0.25) is 5.91 Å². The lowest BCUT2D eigenvalue weighted by atomic mass is 10.0. The van der Waals surface area contributed by atoms with E-state index in [1.54, 1.807) is 18.2 Å². The highest BCUT2D eigenvalue weighted by molar-refractivity contribution is 5.91. The van der Waals surface area contributed by atoms with Crippen molar-refractivity contribution in [3.05, 3.63) is 41.7 Å². The molecule has 0 saturated heterocycles. The molecule has 1 aromatic rings. The molecule has 0 aliphatic carbocycles. The van der Waals surface area contributed by atoms with Gasteiger partial charge in [-0.3, -0.25) is 9.59 Å². The number of carbonyl (C=O) groups excluding carboxylic acids is 1. The molecule has 1 aromatic carbocycles. The van der Waals surface area contributed by atoms with Gasteiger partial charge in [0.05, 0.1) is 0 Å². The van der Waals surface area contributed by atoms with Crippen LogP contribution in [-0.4, -0.2) is 23.5 Å². The molecule has 0 radical (unpaired) electrons. The van der Waals surface area contributed by atoms with Crippen molar-refractivity contribution < 1.29 is 19.1 Å². The van der Waals surface area contributed by atoms with Crippen LogP contribution in [0.15, 0.2) is 30.3 Å². The van der Waals surface area contributed by atoms with Gasteiger partial charge in [-0.15, -0.1) is 0 Å². The number of carboxylic acids is 1. The lowest BCUT2D eigenvalue weighted by Crippen LogP contribution is -2.23. The summed E-state index contributed by atoms with van der Waals surface area (Å²) in [5, 5.41) is 11.3. The molecule has 1 rings (SSSR count). The van der Waals surface area contributed by atoms with Crippen LogP contribution in [0.5, 0.6) is 0 Å². The van der Waals surface area contributed by atoms with Crippen LogP contribution in [-0.2, 0) is 9.59 Å². The Balaban J connectivity index is 2.24. The Morgan fingerprint density at radius 2 is 1.95 bits per heavy atom. The SMILES string of the molecule is CC(CCNC(=O)C=Cc1ccc(F)cc1)CCC(=O)O. The highest BCUT2D eigenvalue weighted by Crippen LogP contribution is 2.09. The maximum absolute atomic E-state index is 12.7. The van der Waals surface area contributed by atoms with Crippen LogP contribution in [0, 0.1) is 11.7 Å². The van der Waals surface area contributed by atoms with Crippen molar-refractivity contribution in [2.45, 2.75) is 26.2 Å². The Morgan fingerprint density at radius 1 is 1.29 bits per heavy atom. The maximum atomic E-state index is 12.7. The molecule has 0 fully saturated rings. The molecule has 0 aliphatic rings. The van der Waals surface area contributed by atoms with Gasteiger partial charge in [0.15, 0.2) is 0 Å². The molecule has 1 amide bonds. The molecular weight excluding hydrogens is 273 g/mol. The Labute approximate surface area is 123 Å². The van der Waals surface area contributed by atoms with Gasteiger partial charge >= 0.3 is 5.97 Å². The zero-order chi connectivity index (χ0) is 15.7. The van der Waals surface area contributed by atoms with Crippen molar-refractivity contribution in [2.75, 3.05) is 6.54 Å². The fourth-order valence-electron chi connectivity index (χ4n) is 1.76. The summed E-state index contributed by atoms with van der Waals surface area (Å²) in [6, 6.07) is 5.85. The Hall–Kier alpha value is -2.17. The third kappa shape index (κ3) is 7.87. The zero-order valence-electron chi connectivity index (χ0n) is 12.0. The number of amides is 1. The predicted molar refractivity (Wildman–Crippen MR) is 79.1 cm³/mol. The predicted octanol–water partition coefficient (Wildman–Crippen LogP) is 2.85. The van der Waals surface area contributed by atoms with Crippen LogP contribution < -0.4 is 5.32 Å². The minimum absolute atomic E-state index is 0.152. The lowest BCUT2D eigenvalue weighted by molar-refractivity contribution is -0.137. The van der Waals surface area contributed by atoms with Gasteiger partial charge in [-0.25, -0.2) is 4.39 Å². The highest BCUT2D eigenvalue weighted by atomic mass is 19.1. The van der Waals surface area contributed by atoms with Gasteiger partial charge in [0.1, 0.15) is 5.82 Å². The van der Waals surface area contributed by atoms with Crippen molar-refractivity contribution in [2.24, 2.45) is 5.92 Å². The second kappa shape index (κ2) is 8.89. The first-order valence-corrected chi connectivity index (χ1v) is 6.90. The smallest absolute Gasteiger partial charge is 0.303 e. The Kier molecular flexibility index (Phi) is 7.15. The van der Waals surface area contributed by atoms with Gasteiger partial charge in [-0.2, -0.15) is 0 Å². The molecule has 0 spiro atoms. The van der Waals surface area contributed by atoms with Crippen molar-refractivity contribution in [3.63, 3.8) is 0 Å². The fraction of sp³-hybridized carbons (Fsp3) is 0.375. The minimum atomic E-state index is -0.798. The molecule has 2 N–H and O–H groups in total. The topological polar surface area (TPSA) is 66.4 Å². The Morgan fingerprint density at radius 3 is 2.57 bits per heavy atom. The quantitative estimate of drug-likeness (QED) is 0.724. The molecule has 0 saturated carbocycles. The first-order valence-electron chi connectivity index (χ1n) is 6.90. The van der Waals surface area contributed by atoms with Crippen LogP contribution in [0.4, 0.5) is 4.39 Å². The summed E-state index contributed by atoms with van der Waals surface area (Å²) in [6.07, 6.45) is 4.51. The van der Waals surface area contributed by atoms with Gasteiger partial charge in [0.25, 0.3) is 0 Å². The van der Waals surface area contributed by atoms with Crippen molar-refractivity contribution in [3.8, 4) is 0 Å². The number of hydrogen-bond acceptors (Lipinski definition) is 2. The number of carbonyl (C=O) groups is 2. The summed E-state index contributed by atoms with van der Waals surface area (Å²) >= 11 is 0. The maximum Gasteiger partial charge on any atom is 0.303 e. The van der Waals surface area contributed by atoms with E-state index in [0.717, 1.165) is 12.0 Å². The summed E-state index contributed by atoms with van der Waals surface area (Å²) in [6.45, 7) is 2.47. The van der Waals surface area contributed by atoms with Gasteiger partial charge in [0, 0.05) is 19.0 Å². The average Bonchev–Trinajstić information content (AvgIpc) is 2.44. The molecule has 1 atom stereocenters. The number of halogens is 1. The normalized spacial score (nSPS) is 12.3. The number of hydrogen-bond donors (Lipinski definition) is 2. The number of nitrogens with one attached hydrogen (secondary N) is 1. The lowest BCUT2D eigenvalue weighted by Gasteiger charge is -2.09. The molecule has 114 valence electrons. The third-order valence-corrected chi connectivity index (χ3v) is 3.08. The fourth-order valence-corrected chi connectivity index (χ4v) is 1.76. The second-order valence-corrected chi connectivity index (χ2v) is 5.00. The minimum Gasteiger partial charge on any atom is -0.481 e. The zero-order valence-corrected chi connectivity index (χ0v) is 12.0. The van der Waals surface area contributed by atoms with Gasteiger partial charge in [-0.1, -0.05) is 19.1 Å². The molecule has 0 heterocycles. The van der Waals surface area contributed by atoms with Crippen LogP contribution >= 0.6 is 0 Å². The number of rotatable bonds is 8. The van der Waals surface area contributed by atoms with E-state index in [-0.39, 0.29) is 24.1 Å². The van der Waals surface area contributed by atoms with Gasteiger partial charge in [-0.05, 0) is 42.5 Å². The van der Waals surface area contributed by atoms with Crippen LogP contribution in [0.2, 0.25) is 0 Å². The van der Waals surface area contributed by atoms with Crippen LogP contribution in [0.1, 0.15) is 31.7 Å². The van der Waals surface area contributed by atoms with E-state index < -0.39 is 5.97 Å². The van der Waals surface area contributed by atoms with E-state index in [1.807, 2.05) is 6.92 Å². The van der Waals surface area contributed by atoms with E-state index in [0.29, 0.717) is 13.0 Å². The average molecular weight is 293 g/mol. The van der Waals surface area contributed by atoms with E-state index in [9.17, 15) is 14.0 Å². The summed E-state index contributed by atoms with van der Waals surface area (Å²) in [5.41, 5.74) is 0.751. The van der Waals surface area contributed by atoms with E-state index in [2.05, 4.69) is 5.32 Å². The molecule has 0 aliphatic heterocycles. The van der Waals surface area contributed by atoms with Gasteiger partial charge < -0.3 is 10.4 Å². The van der Waals surface area contributed by atoms with Crippen LogP contribution in [0.3, 0.4) is 0 Å². The van der Waals surface area contributed by atoms with Crippen molar-refractivity contribution in [1.29, 1.82) is 0 Å². The van der Waals surface area contributed by atoms with E-state index >= 15 is 0 Å². The number of carboxylic acid groups (broad SMARTS) is 1. The summed E-state index contributed by atoms with van der Waals surface area (Å²) in [7, 11) is 0. The van der Waals surface area contributed by atoms with Crippen molar-refractivity contribution >= 4 is 18.0 Å². The monoisotopic (exact) mass is 293 g/mol. The van der Waals surface area contributed by atoms with Crippen LogP contribution in [0.25, 0.3) is 6.08 Å². The summed E-state index contributed by atoms with van der Waals surface area (Å²) in [4.78, 5) is 22.0. The molecule has 1 unspecified atom stereocenters. The van der Waals surface area contributed by atoms with E-state index in [1.165, 1.54) is 18.2 Å². The molecule has 21 heavy (non-hydrogen) atoms.